The molecule has 0 saturated carbocycles. The van der Waals surface area contributed by atoms with Gasteiger partial charge in [-0.25, -0.2) is 0 Å². The fourth-order valence-corrected chi connectivity index (χ4v) is 5.84. The maximum absolute atomic E-state index is 13.2. The minimum atomic E-state index is -1.89. The number of carbonyl (C=O) groups excluding carboxylic acids is 2. The molecular weight excluding hydrogens is 460 g/mol. The Bertz CT molecular complexity index is 965. The van der Waals surface area contributed by atoms with Crippen molar-refractivity contribution in [2.75, 3.05) is 13.2 Å². The number of amides is 2. The number of imide groups is 1. The molecule has 0 bridgehead atoms. The van der Waals surface area contributed by atoms with Gasteiger partial charge in [0.1, 0.15) is 0 Å². The number of carboxylic acids is 1. The molecule has 9 heteroatoms. The number of hydrogen-bond acceptors (Lipinski definition) is 6. The predicted octanol–water partition coefficient (Wildman–Crippen LogP) is 1.81. The van der Waals surface area contributed by atoms with Gasteiger partial charge in [0.05, 0.1) is 28.3 Å². The summed E-state index contributed by atoms with van der Waals surface area (Å²) in [5.41, 5.74) is -0.909. The number of aliphatic hydroxyl groups is 1. The molecule has 7 nitrogen and oxygen atoms in total. The predicted molar refractivity (Wildman–Crippen MR) is 109 cm³/mol. The zero-order valence-electron chi connectivity index (χ0n) is 15.2. The number of aliphatic hydroxyl groups excluding tert-OH is 1. The lowest BCUT2D eigenvalue weighted by Crippen LogP contribution is -2.58. The molecule has 2 aliphatic heterocycles. The van der Waals surface area contributed by atoms with E-state index in [-0.39, 0.29) is 6.54 Å². The first kappa shape index (κ1) is 20.2. The second-order valence-electron chi connectivity index (χ2n) is 7.27. The Hall–Kier alpha value is -2.07. The van der Waals surface area contributed by atoms with Crippen LogP contribution in [0, 0.1) is 11.8 Å². The van der Waals surface area contributed by atoms with Crippen LogP contribution in [0.2, 0.25) is 0 Å². The van der Waals surface area contributed by atoms with Crippen LogP contribution in [0.4, 0.5) is 0 Å². The lowest BCUT2D eigenvalue weighted by Gasteiger charge is -2.29. The van der Waals surface area contributed by atoms with E-state index in [4.69, 9.17) is 0 Å². The van der Waals surface area contributed by atoms with Crippen molar-refractivity contribution < 1.29 is 24.6 Å². The van der Waals surface area contributed by atoms with Crippen molar-refractivity contribution in [1.82, 2.24) is 10.2 Å². The minimum absolute atomic E-state index is 0.177. The summed E-state index contributed by atoms with van der Waals surface area (Å²) >= 11 is 4.75. The van der Waals surface area contributed by atoms with E-state index in [0.717, 1.165) is 19.1 Å². The van der Waals surface area contributed by atoms with Crippen molar-refractivity contribution in [2.24, 2.45) is 11.8 Å². The number of aliphatic carboxylic acids is 1. The molecule has 2 amide bonds. The topological polar surface area (TPSA) is 107 Å². The zero-order valence-corrected chi connectivity index (χ0v) is 17.6. The van der Waals surface area contributed by atoms with Crippen LogP contribution in [0.5, 0.6) is 0 Å². The first-order valence-corrected chi connectivity index (χ1v) is 10.8. The van der Waals surface area contributed by atoms with Gasteiger partial charge < -0.3 is 10.2 Å². The van der Waals surface area contributed by atoms with E-state index in [9.17, 15) is 24.6 Å². The smallest absolute Gasteiger partial charge is 0.327 e. The Labute approximate surface area is 179 Å². The van der Waals surface area contributed by atoms with E-state index in [1.807, 2.05) is 36.4 Å². The van der Waals surface area contributed by atoms with Crippen LogP contribution in [-0.4, -0.2) is 51.6 Å². The first-order valence-electron chi connectivity index (χ1n) is 9.15. The molecule has 29 heavy (non-hydrogen) atoms. The summed E-state index contributed by atoms with van der Waals surface area (Å²) in [5, 5.41) is 22.8. The second kappa shape index (κ2) is 7.64. The molecule has 2 fully saturated rings. The summed E-state index contributed by atoms with van der Waals surface area (Å²) in [6, 6.07) is 12.4. The van der Waals surface area contributed by atoms with Gasteiger partial charge in [-0.1, -0.05) is 30.3 Å². The third kappa shape index (κ3) is 3.22. The number of fused-ring (bicyclic) bond motifs is 1. The number of thiophene rings is 1. The number of carbonyl (C=O) groups is 3. The minimum Gasteiger partial charge on any atom is -0.480 e. The van der Waals surface area contributed by atoms with Gasteiger partial charge in [0.15, 0.2) is 5.54 Å². The lowest BCUT2D eigenvalue weighted by molar-refractivity contribution is -0.153. The summed E-state index contributed by atoms with van der Waals surface area (Å²) in [7, 11) is 0. The normalized spacial score (nSPS) is 28.8. The highest BCUT2D eigenvalue weighted by molar-refractivity contribution is 9.11. The van der Waals surface area contributed by atoms with Crippen molar-refractivity contribution in [3.63, 3.8) is 0 Å². The van der Waals surface area contributed by atoms with Crippen molar-refractivity contribution >= 4 is 45.1 Å². The van der Waals surface area contributed by atoms with Gasteiger partial charge in [0.25, 0.3) is 0 Å². The number of nitrogens with zero attached hydrogens (tertiary/aromatic N) is 1. The molecular formula is C20H19BrN2O5S. The molecule has 152 valence electrons. The van der Waals surface area contributed by atoms with Crippen LogP contribution in [-0.2, 0) is 20.8 Å². The molecule has 0 spiro atoms. The number of rotatable bonds is 6. The molecule has 0 radical (unpaired) electrons. The third-order valence-electron chi connectivity index (χ3n) is 5.74. The Morgan fingerprint density at radius 1 is 1.17 bits per heavy atom. The summed E-state index contributed by atoms with van der Waals surface area (Å²) in [6.07, 6.45) is 0.486. The fraction of sp³-hybridized carbons (Fsp3) is 0.350. The van der Waals surface area contributed by atoms with Gasteiger partial charge in [0, 0.05) is 11.4 Å². The van der Waals surface area contributed by atoms with Crippen LogP contribution in [0.3, 0.4) is 0 Å². The maximum Gasteiger partial charge on any atom is 0.327 e. The monoisotopic (exact) mass is 478 g/mol. The highest BCUT2D eigenvalue weighted by Gasteiger charge is 2.68. The van der Waals surface area contributed by atoms with E-state index < -0.39 is 47.8 Å². The molecule has 2 aromatic rings. The van der Waals surface area contributed by atoms with Gasteiger partial charge in [-0.2, -0.15) is 0 Å². The van der Waals surface area contributed by atoms with Crippen LogP contribution in [0.1, 0.15) is 16.5 Å². The number of hydrogen-bond donors (Lipinski definition) is 3. The second-order valence-corrected chi connectivity index (χ2v) is 9.76. The number of carboxylic acid groups (broad SMARTS) is 1. The average molecular weight is 479 g/mol. The van der Waals surface area contributed by atoms with E-state index >= 15 is 0 Å². The van der Waals surface area contributed by atoms with Crippen molar-refractivity contribution in [2.45, 2.75) is 18.0 Å². The summed E-state index contributed by atoms with van der Waals surface area (Å²) < 4.78 is 0.834. The SMILES string of the molecule is O=C1C2C(c3ccc(Br)s3)NC(CO)(C(=O)O)C2C(=O)N1CCc1ccccc1. The molecule has 3 heterocycles. The molecule has 1 aromatic carbocycles. The van der Waals surface area contributed by atoms with Gasteiger partial charge in [-0.15, -0.1) is 11.3 Å². The largest absolute Gasteiger partial charge is 0.480 e. The van der Waals surface area contributed by atoms with Gasteiger partial charge in [0.2, 0.25) is 11.8 Å². The molecule has 4 unspecified atom stereocenters. The zero-order chi connectivity index (χ0) is 20.8. The Morgan fingerprint density at radius 3 is 2.48 bits per heavy atom. The van der Waals surface area contributed by atoms with Crippen LogP contribution in [0.25, 0.3) is 0 Å². The van der Waals surface area contributed by atoms with Gasteiger partial charge >= 0.3 is 5.97 Å². The van der Waals surface area contributed by atoms with Crippen LogP contribution in [0.15, 0.2) is 46.3 Å². The number of halogens is 1. The summed E-state index contributed by atoms with van der Waals surface area (Å²) in [5.74, 6) is -4.29. The molecule has 4 rings (SSSR count). The summed E-state index contributed by atoms with van der Waals surface area (Å²) in [6.45, 7) is -0.602. The van der Waals surface area contributed by atoms with Crippen LogP contribution < -0.4 is 5.32 Å². The highest BCUT2D eigenvalue weighted by atomic mass is 79.9. The third-order valence-corrected chi connectivity index (χ3v) is 7.45. The molecule has 1 aromatic heterocycles. The van der Waals surface area contributed by atoms with Crippen molar-refractivity contribution in [3.05, 3.63) is 56.7 Å². The standard InChI is InChI=1S/C20H19BrN2O5S/c21-13-7-6-12(29-13)16-14-15(20(10-24,22-16)19(27)28)18(26)23(17(14)25)9-8-11-4-2-1-3-5-11/h1-7,14-16,22,24H,8-10H2,(H,27,28). The Kier molecular flexibility index (Phi) is 5.32. The van der Waals surface area contributed by atoms with E-state index in [1.165, 1.54) is 11.3 Å². The number of likely N-dealkylation sites (tertiary alicyclic amines) is 1. The molecule has 2 saturated heterocycles. The molecule has 3 N–H and O–H groups in total. The van der Waals surface area contributed by atoms with E-state index in [2.05, 4.69) is 21.2 Å². The summed E-state index contributed by atoms with van der Waals surface area (Å²) in [4.78, 5) is 40.4. The Morgan fingerprint density at radius 2 is 1.90 bits per heavy atom. The van der Waals surface area contributed by atoms with Gasteiger partial charge in [-0.05, 0) is 40.0 Å². The van der Waals surface area contributed by atoms with Crippen molar-refractivity contribution in [3.8, 4) is 0 Å². The lowest BCUT2D eigenvalue weighted by atomic mass is 9.80. The van der Waals surface area contributed by atoms with Crippen LogP contribution >= 0.6 is 27.3 Å². The average Bonchev–Trinajstić information content (AvgIpc) is 3.36. The molecule has 0 aliphatic carbocycles. The van der Waals surface area contributed by atoms with E-state index in [0.29, 0.717) is 6.42 Å². The van der Waals surface area contributed by atoms with Crippen molar-refractivity contribution in [1.29, 1.82) is 0 Å². The van der Waals surface area contributed by atoms with Gasteiger partial charge in [-0.3, -0.25) is 24.6 Å². The molecule has 4 atom stereocenters. The fourth-order valence-electron chi connectivity index (χ4n) is 4.32. The first-order chi connectivity index (χ1) is 13.9. The quantitative estimate of drug-likeness (QED) is 0.546. The maximum atomic E-state index is 13.2. The number of benzene rings is 1. The highest BCUT2D eigenvalue weighted by Crippen LogP contribution is 2.50. The number of nitrogens with one attached hydrogen (secondary N) is 1. The molecule has 2 aliphatic rings. The Balaban J connectivity index is 1.68. The van der Waals surface area contributed by atoms with E-state index in [1.54, 1.807) is 6.07 Å².